The number of H-pyrrole nitrogens is 1. The Kier molecular flexibility index (Phi) is 3.79. The van der Waals surface area contributed by atoms with Crippen LogP contribution in [0.25, 0.3) is 32.1 Å². The number of fused-ring (bicyclic) bond motifs is 3. The van der Waals surface area contributed by atoms with Crippen molar-refractivity contribution >= 4 is 32.3 Å². The largest absolute Gasteiger partial charge is 0.481 e. The molecule has 7 heteroatoms. The lowest BCUT2D eigenvalue weighted by molar-refractivity contribution is 0.399. The van der Waals surface area contributed by atoms with Crippen LogP contribution in [0.1, 0.15) is 24.2 Å². The standard InChI is InChI=1S/C21H20N4O2S/c1-11-17-16(13-5-8-28-18(13)19(26)25-17)15(20(24-11)27-2)12-3-4-14(23-9-12)21(10-22)6-7-21/h3-5,8-9H,6-7,10,22H2,1-2H3,(H,25,26). The van der Waals surface area contributed by atoms with Crippen LogP contribution in [0, 0.1) is 6.92 Å². The van der Waals surface area contributed by atoms with Crippen LogP contribution in [0.5, 0.6) is 5.88 Å². The minimum Gasteiger partial charge on any atom is -0.481 e. The zero-order valence-corrected chi connectivity index (χ0v) is 16.5. The molecule has 0 atom stereocenters. The number of ether oxygens (including phenoxy) is 1. The minimum absolute atomic E-state index is 0.0437. The Morgan fingerprint density at radius 2 is 2.14 bits per heavy atom. The first-order valence-corrected chi connectivity index (χ1v) is 10.1. The van der Waals surface area contributed by atoms with Gasteiger partial charge in [-0.05, 0) is 37.3 Å². The van der Waals surface area contributed by atoms with Gasteiger partial charge in [0, 0.05) is 40.2 Å². The highest BCUT2D eigenvalue weighted by molar-refractivity contribution is 7.17. The summed E-state index contributed by atoms with van der Waals surface area (Å²) in [6.07, 6.45) is 4.04. The maximum Gasteiger partial charge on any atom is 0.266 e. The average molecular weight is 392 g/mol. The van der Waals surface area contributed by atoms with Crippen molar-refractivity contribution in [3.63, 3.8) is 0 Å². The number of nitrogens with one attached hydrogen (secondary N) is 1. The van der Waals surface area contributed by atoms with Crippen LogP contribution in [0.2, 0.25) is 0 Å². The molecule has 1 saturated carbocycles. The number of rotatable bonds is 4. The van der Waals surface area contributed by atoms with E-state index in [0.717, 1.165) is 51.6 Å². The zero-order valence-electron chi connectivity index (χ0n) is 15.7. The summed E-state index contributed by atoms with van der Waals surface area (Å²) >= 11 is 1.43. The summed E-state index contributed by atoms with van der Waals surface area (Å²) < 4.78 is 6.33. The fraction of sp³-hybridized carbons (Fsp3) is 0.286. The van der Waals surface area contributed by atoms with E-state index in [9.17, 15) is 4.79 Å². The number of aromatic amines is 1. The molecule has 3 N–H and O–H groups in total. The summed E-state index contributed by atoms with van der Waals surface area (Å²) in [7, 11) is 1.61. The number of methoxy groups -OCH3 is 1. The van der Waals surface area contributed by atoms with Gasteiger partial charge >= 0.3 is 0 Å². The molecule has 0 spiro atoms. The van der Waals surface area contributed by atoms with Crippen LogP contribution in [0.4, 0.5) is 0 Å². The van der Waals surface area contributed by atoms with Gasteiger partial charge in [-0.15, -0.1) is 11.3 Å². The SMILES string of the molecule is COc1nc(C)c2[nH]c(=O)c3sccc3c2c1-c1ccc(C2(CN)CC2)nc1. The molecule has 1 fully saturated rings. The Labute approximate surface area is 165 Å². The quantitative estimate of drug-likeness (QED) is 0.554. The number of nitrogens with two attached hydrogens (primary N) is 1. The number of aryl methyl sites for hydroxylation is 1. The second-order valence-electron chi connectivity index (χ2n) is 7.37. The van der Waals surface area contributed by atoms with E-state index in [2.05, 4.69) is 22.1 Å². The van der Waals surface area contributed by atoms with Crippen molar-refractivity contribution in [1.82, 2.24) is 15.0 Å². The molecule has 0 saturated heterocycles. The highest BCUT2D eigenvalue weighted by atomic mass is 32.1. The Morgan fingerprint density at radius 1 is 1.32 bits per heavy atom. The first-order chi connectivity index (χ1) is 13.6. The van der Waals surface area contributed by atoms with Crippen molar-refractivity contribution < 1.29 is 4.74 Å². The first kappa shape index (κ1) is 17.3. The predicted octanol–water partition coefficient (Wildman–Crippen LogP) is 3.51. The van der Waals surface area contributed by atoms with Gasteiger partial charge in [-0.2, -0.15) is 0 Å². The minimum atomic E-state index is -0.0920. The molecule has 0 aromatic carbocycles. The number of nitrogens with zero attached hydrogens (tertiary/aromatic N) is 2. The van der Waals surface area contributed by atoms with Crippen LogP contribution in [-0.4, -0.2) is 28.6 Å². The third-order valence-electron chi connectivity index (χ3n) is 5.76. The van der Waals surface area contributed by atoms with Crippen LogP contribution in [0.15, 0.2) is 34.6 Å². The van der Waals surface area contributed by atoms with E-state index >= 15 is 0 Å². The maximum absolute atomic E-state index is 12.5. The molecule has 1 aliphatic carbocycles. The smallest absolute Gasteiger partial charge is 0.266 e. The summed E-state index contributed by atoms with van der Waals surface area (Å²) in [4.78, 5) is 24.8. The normalized spacial score (nSPS) is 15.2. The van der Waals surface area contributed by atoms with E-state index in [1.165, 1.54) is 11.3 Å². The van der Waals surface area contributed by atoms with Crippen molar-refractivity contribution in [2.45, 2.75) is 25.2 Å². The van der Waals surface area contributed by atoms with Crippen LogP contribution < -0.4 is 16.0 Å². The molecule has 0 radical (unpaired) electrons. The molecule has 1 aliphatic rings. The summed E-state index contributed by atoms with van der Waals surface area (Å²) in [5.41, 5.74) is 10.2. The van der Waals surface area contributed by atoms with Gasteiger partial charge in [-0.3, -0.25) is 9.78 Å². The van der Waals surface area contributed by atoms with Crippen molar-refractivity contribution in [3.8, 4) is 17.0 Å². The highest BCUT2D eigenvalue weighted by Gasteiger charge is 2.44. The molecule has 4 aromatic heterocycles. The molecular formula is C21H20N4O2S. The molecule has 0 aliphatic heterocycles. The second-order valence-corrected chi connectivity index (χ2v) is 8.28. The number of pyridine rings is 3. The lowest BCUT2D eigenvalue weighted by atomic mass is 9.97. The summed E-state index contributed by atoms with van der Waals surface area (Å²) in [6.45, 7) is 2.50. The molecule has 4 heterocycles. The molecule has 0 unspecified atom stereocenters. The summed E-state index contributed by atoms with van der Waals surface area (Å²) in [5.74, 6) is 0.527. The molecule has 0 amide bonds. The van der Waals surface area contributed by atoms with Crippen molar-refractivity contribution in [1.29, 1.82) is 0 Å². The molecule has 5 rings (SSSR count). The Bertz CT molecular complexity index is 1270. The van der Waals surface area contributed by atoms with E-state index in [4.69, 9.17) is 15.5 Å². The van der Waals surface area contributed by atoms with Gasteiger partial charge in [-0.25, -0.2) is 4.98 Å². The highest BCUT2D eigenvalue weighted by Crippen LogP contribution is 2.47. The maximum atomic E-state index is 12.5. The van der Waals surface area contributed by atoms with Gasteiger partial charge in [0.2, 0.25) is 5.88 Å². The van der Waals surface area contributed by atoms with Crippen LogP contribution in [0.3, 0.4) is 0 Å². The van der Waals surface area contributed by atoms with E-state index in [0.29, 0.717) is 17.1 Å². The third kappa shape index (κ3) is 2.40. The van der Waals surface area contributed by atoms with Gasteiger partial charge in [0.1, 0.15) is 4.70 Å². The number of hydrogen-bond donors (Lipinski definition) is 2. The van der Waals surface area contributed by atoms with Gasteiger partial charge < -0.3 is 15.5 Å². The molecular weight excluding hydrogens is 372 g/mol. The van der Waals surface area contributed by atoms with E-state index in [1.807, 2.05) is 24.6 Å². The molecule has 6 nitrogen and oxygen atoms in total. The zero-order chi connectivity index (χ0) is 19.5. The molecule has 142 valence electrons. The number of thiophene rings is 1. The fourth-order valence-electron chi connectivity index (χ4n) is 3.94. The molecule has 28 heavy (non-hydrogen) atoms. The van der Waals surface area contributed by atoms with Gasteiger partial charge in [0.25, 0.3) is 5.56 Å². The van der Waals surface area contributed by atoms with Crippen molar-refractivity contribution in [3.05, 3.63) is 51.5 Å². The van der Waals surface area contributed by atoms with Crippen molar-refractivity contribution in [2.75, 3.05) is 13.7 Å². The molecule has 4 aromatic rings. The summed E-state index contributed by atoms with van der Waals surface area (Å²) in [5, 5.41) is 3.78. The van der Waals surface area contributed by atoms with Crippen LogP contribution >= 0.6 is 11.3 Å². The lowest BCUT2D eigenvalue weighted by Gasteiger charge is -2.16. The van der Waals surface area contributed by atoms with Gasteiger partial charge in [0.15, 0.2) is 0 Å². The Balaban J connectivity index is 1.82. The van der Waals surface area contributed by atoms with E-state index < -0.39 is 0 Å². The first-order valence-electron chi connectivity index (χ1n) is 9.23. The third-order valence-corrected chi connectivity index (χ3v) is 6.67. The van der Waals surface area contributed by atoms with Crippen molar-refractivity contribution in [2.24, 2.45) is 5.73 Å². The second kappa shape index (κ2) is 6.12. The Hall–Kier alpha value is -2.77. The van der Waals surface area contributed by atoms with Gasteiger partial charge in [0.05, 0.1) is 23.9 Å². The lowest BCUT2D eigenvalue weighted by Crippen LogP contribution is -2.20. The fourth-order valence-corrected chi connectivity index (χ4v) is 4.73. The molecule has 0 bridgehead atoms. The average Bonchev–Trinajstić information content (AvgIpc) is 3.36. The van der Waals surface area contributed by atoms with Gasteiger partial charge in [-0.1, -0.05) is 6.07 Å². The van der Waals surface area contributed by atoms with E-state index in [-0.39, 0.29) is 11.0 Å². The van der Waals surface area contributed by atoms with E-state index in [1.54, 1.807) is 7.11 Å². The topological polar surface area (TPSA) is 93.9 Å². The number of hydrogen-bond acceptors (Lipinski definition) is 6. The summed E-state index contributed by atoms with van der Waals surface area (Å²) in [6, 6.07) is 6.09. The monoisotopic (exact) mass is 392 g/mol. The predicted molar refractivity (Wildman–Crippen MR) is 112 cm³/mol. The Morgan fingerprint density at radius 3 is 2.79 bits per heavy atom. The van der Waals surface area contributed by atoms with Crippen LogP contribution in [-0.2, 0) is 5.41 Å². The number of aromatic nitrogens is 3.